The molecule has 0 unspecified atom stereocenters. The highest BCUT2D eigenvalue weighted by atomic mass is 19.1. The number of aromatic nitrogens is 1. The minimum Gasteiger partial charge on any atom is -0.496 e. The summed E-state index contributed by atoms with van der Waals surface area (Å²) in [5.41, 5.74) is 9.19. The van der Waals surface area contributed by atoms with Crippen molar-refractivity contribution in [3.05, 3.63) is 82.8 Å². The third-order valence-corrected chi connectivity index (χ3v) is 5.26. The minimum absolute atomic E-state index is 0.131. The van der Waals surface area contributed by atoms with Gasteiger partial charge in [0.2, 0.25) is 0 Å². The maximum Gasteiger partial charge on any atom is 0.255 e. The Bertz CT molecular complexity index is 1140. The minimum atomic E-state index is -0.523. The second-order valence-electron chi connectivity index (χ2n) is 7.50. The first-order valence-electron chi connectivity index (χ1n) is 9.98. The second-order valence-corrected chi connectivity index (χ2v) is 7.50. The van der Waals surface area contributed by atoms with E-state index in [2.05, 4.69) is 10.3 Å². The fourth-order valence-corrected chi connectivity index (χ4v) is 3.42. The van der Waals surface area contributed by atoms with E-state index in [-0.39, 0.29) is 12.1 Å². The van der Waals surface area contributed by atoms with Crippen LogP contribution in [0.3, 0.4) is 0 Å². The molecule has 0 aliphatic heterocycles. The maximum absolute atomic E-state index is 13.5. The standard InChI is InChI=1S/C24H22FN3O3/c1-31-21-11-8-17(25)12-19(21)24(30)27-13-14-2-4-16(5-3-14)22-18(23(26)29)9-10-20(28-22)15-6-7-15/h2-5,8-12,15H,6-7,13H2,1H3,(H2,26,29)(H,27,30). The molecule has 1 heterocycles. The van der Waals surface area contributed by atoms with E-state index in [1.807, 2.05) is 30.3 Å². The SMILES string of the molecule is COc1ccc(F)cc1C(=O)NCc1ccc(-c2nc(C3CC3)ccc2C(N)=O)cc1. The van der Waals surface area contributed by atoms with Gasteiger partial charge in [0, 0.05) is 23.7 Å². The van der Waals surface area contributed by atoms with Crippen molar-refractivity contribution in [1.29, 1.82) is 0 Å². The fourth-order valence-electron chi connectivity index (χ4n) is 3.42. The van der Waals surface area contributed by atoms with E-state index < -0.39 is 17.6 Å². The van der Waals surface area contributed by atoms with Gasteiger partial charge in [0.05, 0.1) is 23.9 Å². The Morgan fingerprint density at radius 2 is 1.84 bits per heavy atom. The number of amides is 2. The van der Waals surface area contributed by atoms with Gasteiger partial charge in [-0.3, -0.25) is 14.6 Å². The van der Waals surface area contributed by atoms with Gasteiger partial charge < -0.3 is 15.8 Å². The highest BCUT2D eigenvalue weighted by Gasteiger charge is 2.26. The molecule has 2 amide bonds. The van der Waals surface area contributed by atoms with Crippen molar-refractivity contribution in [2.24, 2.45) is 5.73 Å². The second kappa shape index (κ2) is 8.55. The first-order chi connectivity index (χ1) is 15.0. The van der Waals surface area contributed by atoms with E-state index in [1.165, 1.54) is 19.2 Å². The Morgan fingerprint density at radius 3 is 2.48 bits per heavy atom. The monoisotopic (exact) mass is 419 g/mol. The van der Waals surface area contributed by atoms with Crippen molar-refractivity contribution in [3.8, 4) is 17.0 Å². The van der Waals surface area contributed by atoms with E-state index in [0.29, 0.717) is 22.9 Å². The van der Waals surface area contributed by atoms with E-state index in [0.717, 1.165) is 35.7 Å². The lowest BCUT2D eigenvalue weighted by Crippen LogP contribution is -2.23. The van der Waals surface area contributed by atoms with Crippen molar-refractivity contribution < 1.29 is 18.7 Å². The summed E-state index contributed by atoms with van der Waals surface area (Å²) in [6.07, 6.45) is 2.22. The van der Waals surface area contributed by atoms with Crippen LogP contribution in [0.5, 0.6) is 5.75 Å². The van der Waals surface area contributed by atoms with Crippen molar-refractivity contribution in [3.63, 3.8) is 0 Å². The molecule has 6 nitrogen and oxygen atoms in total. The molecule has 158 valence electrons. The quantitative estimate of drug-likeness (QED) is 0.609. The number of methoxy groups -OCH3 is 1. The molecular formula is C24H22FN3O3. The largest absolute Gasteiger partial charge is 0.496 e. The number of primary amides is 1. The van der Waals surface area contributed by atoms with Crippen LogP contribution in [0.4, 0.5) is 4.39 Å². The Morgan fingerprint density at radius 1 is 1.10 bits per heavy atom. The molecule has 0 bridgehead atoms. The van der Waals surface area contributed by atoms with Crippen LogP contribution in [-0.2, 0) is 6.54 Å². The zero-order valence-electron chi connectivity index (χ0n) is 17.0. The molecular weight excluding hydrogens is 397 g/mol. The van der Waals surface area contributed by atoms with Crippen LogP contribution in [0.15, 0.2) is 54.6 Å². The predicted octanol–water partition coefficient (Wildman–Crippen LogP) is 3.80. The van der Waals surface area contributed by atoms with Gasteiger partial charge in [0.25, 0.3) is 11.8 Å². The van der Waals surface area contributed by atoms with Crippen LogP contribution in [-0.4, -0.2) is 23.9 Å². The molecule has 0 spiro atoms. The number of carbonyl (C=O) groups is 2. The van der Waals surface area contributed by atoms with Crippen LogP contribution in [0.2, 0.25) is 0 Å². The van der Waals surface area contributed by atoms with E-state index in [4.69, 9.17) is 10.5 Å². The summed E-state index contributed by atoms with van der Waals surface area (Å²) in [4.78, 5) is 29.0. The summed E-state index contributed by atoms with van der Waals surface area (Å²) in [6.45, 7) is 0.247. The van der Waals surface area contributed by atoms with Gasteiger partial charge in [-0.15, -0.1) is 0 Å². The highest BCUT2D eigenvalue weighted by Crippen LogP contribution is 2.40. The number of pyridine rings is 1. The molecule has 3 N–H and O–H groups in total. The molecule has 0 saturated heterocycles. The predicted molar refractivity (Wildman–Crippen MR) is 114 cm³/mol. The zero-order chi connectivity index (χ0) is 22.0. The number of carbonyl (C=O) groups excluding carboxylic acids is 2. The Hall–Kier alpha value is -3.74. The lowest BCUT2D eigenvalue weighted by atomic mass is 10.0. The van der Waals surface area contributed by atoms with E-state index in [1.54, 1.807) is 6.07 Å². The molecule has 1 fully saturated rings. The number of nitrogens with one attached hydrogen (secondary N) is 1. The normalized spacial score (nSPS) is 13.0. The number of hydrogen-bond acceptors (Lipinski definition) is 4. The molecule has 1 aromatic heterocycles. The molecule has 1 aliphatic rings. The third kappa shape index (κ3) is 4.55. The molecule has 1 aliphatic carbocycles. The zero-order valence-corrected chi connectivity index (χ0v) is 17.0. The molecule has 2 aromatic carbocycles. The van der Waals surface area contributed by atoms with Crippen LogP contribution < -0.4 is 15.8 Å². The van der Waals surface area contributed by atoms with E-state index in [9.17, 15) is 14.0 Å². The molecule has 3 aromatic rings. The first-order valence-corrected chi connectivity index (χ1v) is 9.98. The highest BCUT2D eigenvalue weighted by molar-refractivity contribution is 5.99. The number of benzene rings is 2. The molecule has 4 rings (SSSR count). The molecule has 7 heteroatoms. The average molecular weight is 419 g/mol. The maximum atomic E-state index is 13.5. The summed E-state index contributed by atoms with van der Waals surface area (Å²) in [6, 6.07) is 14.8. The Labute approximate surface area is 179 Å². The topological polar surface area (TPSA) is 94.3 Å². The number of nitrogens with zero attached hydrogens (tertiary/aromatic N) is 1. The van der Waals surface area contributed by atoms with Gasteiger partial charge in [0.15, 0.2) is 0 Å². The fraction of sp³-hybridized carbons (Fsp3) is 0.208. The number of nitrogens with two attached hydrogens (primary N) is 1. The van der Waals surface area contributed by atoms with Crippen LogP contribution in [0.1, 0.15) is 50.7 Å². The Kier molecular flexibility index (Phi) is 5.66. The summed E-state index contributed by atoms with van der Waals surface area (Å²) in [5.74, 6) is -0.716. The van der Waals surface area contributed by atoms with Gasteiger partial charge in [-0.25, -0.2) is 4.39 Å². The number of ether oxygens (including phenoxy) is 1. The summed E-state index contributed by atoms with van der Waals surface area (Å²) >= 11 is 0. The van der Waals surface area contributed by atoms with Crippen molar-refractivity contribution >= 4 is 11.8 Å². The number of rotatable bonds is 7. The van der Waals surface area contributed by atoms with Crippen molar-refractivity contribution in [2.75, 3.05) is 7.11 Å². The summed E-state index contributed by atoms with van der Waals surface area (Å²) in [5, 5.41) is 2.76. The molecule has 31 heavy (non-hydrogen) atoms. The van der Waals surface area contributed by atoms with Crippen LogP contribution in [0.25, 0.3) is 11.3 Å². The number of hydrogen-bond donors (Lipinski definition) is 2. The summed E-state index contributed by atoms with van der Waals surface area (Å²) < 4.78 is 18.6. The van der Waals surface area contributed by atoms with Crippen LogP contribution >= 0.6 is 0 Å². The first kappa shape index (κ1) is 20.5. The third-order valence-electron chi connectivity index (χ3n) is 5.26. The van der Waals surface area contributed by atoms with Crippen molar-refractivity contribution in [2.45, 2.75) is 25.3 Å². The molecule has 0 atom stereocenters. The smallest absolute Gasteiger partial charge is 0.255 e. The van der Waals surface area contributed by atoms with E-state index >= 15 is 0 Å². The lowest BCUT2D eigenvalue weighted by molar-refractivity contribution is 0.0946. The molecule has 1 saturated carbocycles. The van der Waals surface area contributed by atoms with Gasteiger partial charge in [-0.1, -0.05) is 24.3 Å². The number of halogens is 1. The van der Waals surface area contributed by atoms with Crippen LogP contribution in [0, 0.1) is 5.82 Å². The van der Waals surface area contributed by atoms with Gasteiger partial charge in [0.1, 0.15) is 11.6 Å². The van der Waals surface area contributed by atoms with Crippen molar-refractivity contribution in [1.82, 2.24) is 10.3 Å². The van der Waals surface area contributed by atoms with Gasteiger partial charge >= 0.3 is 0 Å². The molecule has 0 radical (unpaired) electrons. The lowest BCUT2D eigenvalue weighted by Gasteiger charge is -2.11. The van der Waals surface area contributed by atoms with Gasteiger partial charge in [-0.2, -0.15) is 0 Å². The summed E-state index contributed by atoms with van der Waals surface area (Å²) in [7, 11) is 1.43. The average Bonchev–Trinajstić information content (AvgIpc) is 3.63. The Balaban J connectivity index is 1.50. The van der Waals surface area contributed by atoms with Gasteiger partial charge in [-0.05, 0) is 48.7 Å².